The lowest BCUT2D eigenvalue weighted by atomic mass is 9.75. The third-order valence-electron chi connectivity index (χ3n) is 6.57. The van der Waals surface area contributed by atoms with Gasteiger partial charge in [-0.2, -0.15) is 0 Å². The second-order valence-electron chi connectivity index (χ2n) is 9.47. The third kappa shape index (κ3) is 4.19. The number of methoxy groups -OCH3 is 1. The van der Waals surface area contributed by atoms with E-state index in [4.69, 9.17) is 4.74 Å². The number of carbonyl (C=O) groups is 2. The molecule has 2 aliphatic carbocycles. The number of carbonyl (C=O) groups excluding carboxylic acids is 2. The van der Waals surface area contributed by atoms with E-state index >= 15 is 0 Å². The fourth-order valence-electron chi connectivity index (χ4n) is 5.05. The zero-order chi connectivity index (χ0) is 20.5. The lowest BCUT2D eigenvalue weighted by molar-refractivity contribution is -0.129. The standard InChI is InChI=1S/C23H36N2O3/c1-16-18(13-21(27)24(4)11-12-28-5)22-19(14-23(2,3)15-20(22)26)25(16)17-9-7-6-8-10-17/h17H,6-15H2,1-5H3. The maximum atomic E-state index is 13.1. The first-order valence-electron chi connectivity index (χ1n) is 10.7. The number of aromatic nitrogens is 1. The summed E-state index contributed by atoms with van der Waals surface area (Å²) in [5.41, 5.74) is 4.13. The molecule has 0 N–H and O–H groups in total. The van der Waals surface area contributed by atoms with Crippen LogP contribution in [0.3, 0.4) is 0 Å². The lowest BCUT2D eigenvalue weighted by Gasteiger charge is -2.33. The van der Waals surface area contributed by atoms with Crippen molar-refractivity contribution in [3.8, 4) is 0 Å². The summed E-state index contributed by atoms with van der Waals surface area (Å²) in [6.45, 7) is 7.58. The van der Waals surface area contributed by atoms with Gasteiger partial charge in [0.05, 0.1) is 13.0 Å². The van der Waals surface area contributed by atoms with Crippen LogP contribution in [0.1, 0.15) is 85.7 Å². The van der Waals surface area contributed by atoms with Crippen LogP contribution in [0.5, 0.6) is 0 Å². The van der Waals surface area contributed by atoms with Gasteiger partial charge in [-0.15, -0.1) is 0 Å². The minimum Gasteiger partial charge on any atom is -0.383 e. The van der Waals surface area contributed by atoms with Crippen LogP contribution in [0.4, 0.5) is 0 Å². The van der Waals surface area contributed by atoms with Crippen molar-refractivity contribution in [3.63, 3.8) is 0 Å². The highest BCUT2D eigenvalue weighted by atomic mass is 16.5. The number of hydrogen-bond acceptors (Lipinski definition) is 3. The summed E-state index contributed by atoms with van der Waals surface area (Å²) in [6.07, 6.45) is 7.95. The maximum absolute atomic E-state index is 13.1. The molecule has 0 saturated heterocycles. The molecule has 0 radical (unpaired) electrons. The molecular formula is C23H36N2O3. The Labute approximate surface area is 169 Å². The number of nitrogens with zero attached hydrogens (tertiary/aromatic N) is 2. The van der Waals surface area contributed by atoms with Crippen molar-refractivity contribution in [2.75, 3.05) is 27.3 Å². The number of hydrogen-bond donors (Lipinski definition) is 0. The average molecular weight is 389 g/mol. The average Bonchev–Trinajstić information content (AvgIpc) is 2.90. The molecule has 1 heterocycles. The number of amides is 1. The minimum atomic E-state index is -0.0160. The molecule has 28 heavy (non-hydrogen) atoms. The van der Waals surface area contributed by atoms with Gasteiger partial charge in [0.15, 0.2) is 5.78 Å². The predicted molar refractivity (Wildman–Crippen MR) is 111 cm³/mol. The molecule has 3 rings (SSSR count). The van der Waals surface area contributed by atoms with E-state index < -0.39 is 0 Å². The van der Waals surface area contributed by atoms with Gasteiger partial charge in [-0.3, -0.25) is 9.59 Å². The first-order valence-corrected chi connectivity index (χ1v) is 10.7. The number of Topliss-reactive ketones (excluding diaryl/α,β-unsaturated/α-hetero) is 1. The molecular weight excluding hydrogens is 352 g/mol. The van der Waals surface area contributed by atoms with Crippen molar-refractivity contribution in [2.24, 2.45) is 5.41 Å². The molecule has 0 atom stereocenters. The van der Waals surface area contributed by atoms with Gasteiger partial charge in [0.1, 0.15) is 0 Å². The zero-order valence-corrected chi connectivity index (χ0v) is 18.3. The molecule has 5 heteroatoms. The molecule has 2 aliphatic rings. The fourth-order valence-corrected chi connectivity index (χ4v) is 5.05. The summed E-state index contributed by atoms with van der Waals surface area (Å²) in [7, 11) is 3.45. The first-order chi connectivity index (χ1) is 13.2. The Bertz CT molecular complexity index is 742. The summed E-state index contributed by atoms with van der Waals surface area (Å²) < 4.78 is 7.55. The minimum absolute atomic E-state index is 0.0160. The van der Waals surface area contributed by atoms with E-state index in [0.29, 0.717) is 32.0 Å². The van der Waals surface area contributed by atoms with E-state index in [1.807, 2.05) is 7.05 Å². The van der Waals surface area contributed by atoms with Crippen molar-refractivity contribution in [3.05, 3.63) is 22.5 Å². The van der Waals surface area contributed by atoms with Gasteiger partial charge in [-0.25, -0.2) is 0 Å². The largest absolute Gasteiger partial charge is 0.383 e. The van der Waals surface area contributed by atoms with E-state index in [2.05, 4.69) is 25.3 Å². The quantitative estimate of drug-likeness (QED) is 0.737. The molecule has 1 fully saturated rings. The topological polar surface area (TPSA) is 51.5 Å². The van der Waals surface area contributed by atoms with Crippen LogP contribution in [0.15, 0.2) is 0 Å². The van der Waals surface area contributed by atoms with Crippen molar-refractivity contribution in [2.45, 2.75) is 78.2 Å². The van der Waals surface area contributed by atoms with Crippen molar-refractivity contribution >= 4 is 11.7 Å². The van der Waals surface area contributed by atoms with E-state index in [9.17, 15) is 9.59 Å². The van der Waals surface area contributed by atoms with E-state index in [0.717, 1.165) is 23.2 Å². The Morgan fingerprint density at radius 3 is 2.54 bits per heavy atom. The number of ether oxygens (including phenoxy) is 1. The molecule has 1 aromatic heterocycles. The summed E-state index contributed by atoms with van der Waals surface area (Å²) in [5, 5.41) is 0. The summed E-state index contributed by atoms with van der Waals surface area (Å²) in [6, 6.07) is 0.472. The molecule has 1 saturated carbocycles. The maximum Gasteiger partial charge on any atom is 0.226 e. The van der Waals surface area contributed by atoms with Gasteiger partial charge < -0.3 is 14.2 Å². The van der Waals surface area contributed by atoms with Crippen LogP contribution >= 0.6 is 0 Å². The Morgan fingerprint density at radius 1 is 1.21 bits per heavy atom. The molecule has 1 amide bonds. The molecule has 0 aliphatic heterocycles. The monoisotopic (exact) mass is 388 g/mol. The summed E-state index contributed by atoms with van der Waals surface area (Å²) in [4.78, 5) is 27.7. The molecule has 0 spiro atoms. The van der Waals surface area contributed by atoms with Crippen LogP contribution in [0, 0.1) is 12.3 Å². The number of rotatable bonds is 6. The smallest absolute Gasteiger partial charge is 0.226 e. The van der Waals surface area contributed by atoms with Gasteiger partial charge in [-0.05, 0) is 37.2 Å². The Morgan fingerprint density at radius 2 is 1.89 bits per heavy atom. The van der Waals surface area contributed by atoms with E-state index in [-0.39, 0.29) is 17.1 Å². The first kappa shape index (κ1) is 21.1. The van der Waals surface area contributed by atoms with Crippen molar-refractivity contribution in [1.82, 2.24) is 9.47 Å². The van der Waals surface area contributed by atoms with Crippen LogP contribution in [-0.2, 0) is 22.4 Å². The van der Waals surface area contributed by atoms with Gasteiger partial charge in [0.25, 0.3) is 0 Å². The molecule has 156 valence electrons. The van der Waals surface area contributed by atoms with Crippen LogP contribution in [-0.4, -0.2) is 48.5 Å². The van der Waals surface area contributed by atoms with Gasteiger partial charge in [-0.1, -0.05) is 33.1 Å². The highest BCUT2D eigenvalue weighted by Gasteiger charge is 2.38. The van der Waals surface area contributed by atoms with Gasteiger partial charge in [0.2, 0.25) is 5.91 Å². The SMILES string of the molecule is COCCN(C)C(=O)Cc1c2c(n(C3CCCCC3)c1C)CC(C)(C)CC2=O. The van der Waals surface area contributed by atoms with E-state index in [1.54, 1.807) is 12.0 Å². The zero-order valence-electron chi connectivity index (χ0n) is 18.3. The van der Waals surface area contributed by atoms with Gasteiger partial charge in [0, 0.05) is 50.1 Å². The molecule has 5 nitrogen and oxygen atoms in total. The predicted octanol–water partition coefficient (Wildman–Crippen LogP) is 4.10. The van der Waals surface area contributed by atoms with Crippen LogP contribution in [0.2, 0.25) is 0 Å². The lowest BCUT2D eigenvalue weighted by Crippen LogP contribution is -2.32. The molecule has 0 aromatic carbocycles. The summed E-state index contributed by atoms with van der Waals surface area (Å²) >= 11 is 0. The number of ketones is 1. The third-order valence-corrected chi connectivity index (χ3v) is 6.57. The second kappa shape index (κ2) is 8.40. The fraction of sp³-hybridized carbons (Fsp3) is 0.739. The number of likely N-dealkylation sites (N-methyl/N-ethyl adjacent to an activating group) is 1. The number of fused-ring (bicyclic) bond motifs is 1. The highest BCUT2D eigenvalue weighted by molar-refractivity contribution is 6.01. The van der Waals surface area contributed by atoms with Crippen LogP contribution < -0.4 is 0 Å². The Kier molecular flexibility index (Phi) is 6.33. The van der Waals surface area contributed by atoms with Crippen molar-refractivity contribution < 1.29 is 14.3 Å². The highest BCUT2D eigenvalue weighted by Crippen LogP contribution is 2.42. The molecule has 0 bridgehead atoms. The van der Waals surface area contributed by atoms with Crippen molar-refractivity contribution in [1.29, 1.82) is 0 Å². The molecule has 0 unspecified atom stereocenters. The Balaban J connectivity index is 1.99. The van der Waals surface area contributed by atoms with E-state index in [1.165, 1.54) is 37.8 Å². The Hall–Kier alpha value is -1.62. The molecule has 1 aromatic rings. The summed E-state index contributed by atoms with van der Waals surface area (Å²) in [5.74, 6) is 0.271. The van der Waals surface area contributed by atoms with Crippen LogP contribution in [0.25, 0.3) is 0 Å². The second-order valence-corrected chi connectivity index (χ2v) is 9.47. The van der Waals surface area contributed by atoms with Gasteiger partial charge >= 0.3 is 0 Å². The normalized spacial score (nSPS) is 19.5.